The largest absolute Gasteiger partial charge is 0.482 e. The number of hydrogen-bond donors (Lipinski definition) is 1. The summed E-state index contributed by atoms with van der Waals surface area (Å²) in [4.78, 5) is 52.9. The first-order valence-electron chi connectivity index (χ1n) is 11.4. The van der Waals surface area contributed by atoms with E-state index >= 15 is 0 Å². The Hall–Kier alpha value is -4.46. The van der Waals surface area contributed by atoms with Crippen molar-refractivity contribution in [1.82, 2.24) is 4.90 Å². The molecule has 0 radical (unpaired) electrons. The molecule has 0 spiro atoms. The zero-order chi connectivity index (χ0) is 24.4. The second-order valence-electron chi connectivity index (χ2n) is 8.40. The number of benzene rings is 3. The SMILES string of the molecule is O=C(CCCN1C(=O)c2ccccc2C1=O)Nc1ccc2c(c1)N(Cc1ccccc1)C(=O)CO2. The predicted octanol–water partition coefficient (Wildman–Crippen LogP) is 3.63. The van der Waals surface area contributed by atoms with Crippen LogP contribution >= 0.6 is 0 Å². The first-order chi connectivity index (χ1) is 17.0. The Morgan fingerprint density at radius 2 is 1.54 bits per heavy atom. The lowest BCUT2D eigenvalue weighted by molar-refractivity contribution is -0.121. The van der Waals surface area contributed by atoms with Crippen molar-refractivity contribution in [2.75, 3.05) is 23.4 Å². The Labute approximate surface area is 202 Å². The molecule has 1 N–H and O–H groups in total. The van der Waals surface area contributed by atoms with Gasteiger partial charge in [0.15, 0.2) is 6.61 Å². The van der Waals surface area contributed by atoms with Gasteiger partial charge in [-0.05, 0) is 42.3 Å². The molecule has 3 aromatic carbocycles. The van der Waals surface area contributed by atoms with Crippen molar-refractivity contribution in [3.8, 4) is 5.75 Å². The molecule has 2 aliphatic rings. The Morgan fingerprint density at radius 3 is 2.26 bits per heavy atom. The number of ether oxygens (including phenoxy) is 1. The molecule has 2 aliphatic heterocycles. The third-order valence-electron chi connectivity index (χ3n) is 6.03. The van der Waals surface area contributed by atoms with Crippen molar-refractivity contribution < 1.29 is 23.9 Å². The van der Waals surface area contributed by atoms with E-state index in [1.54, 1.807) is 47.4 Å². The lowest BCUT2D eigenvalue weighted by atomic mass is 10.1. The summed E-state index contributed by atoms with van der Waals surface area (Å²) in [6, 6.07) is 21.5. The second-order valence-corrected chi connectivity index (χ2v) is 8.40. The summed E-state index contributed by atoms with van der Waals surface area (Å²) in [5, 5.41) is 2.84. The average molecular weight is 469 g/mol. The first kappa shape index (κ1) is 22.3. The normalized spacial score (nSPS) is 14.5. The number of anilines is 2. The summed E-state index contributed by atoms with van der Waals surface area (Å²) in [5.41, 5.74) is 2.90. The van der Waals surface area contributed by atoms with Gasteiger partial charge in [-0.15, -0.1) is 0 Å². The number of rotatable bonds is 7. The fourth-order valence-electron chi connectivity index (χ4n) is 4.28. The number of fused-ring (bicyclic) bond motifs is 2. The Balaban J connectivity index is 1.21. The maximum Gasteiger partial charge on any atom is 0.265 e. The molecule has 0 saturated carbocycles. The predicted molar refractivity (Wildman–Crippen MR) is 129 cm³/mol. The highest BCUT2D eigenvalue weighted by Gasteiger charge is 2.34. The Kier molecular flexibility index (Phi) is 6.01. The third kappa shape index (κ3) is 4.50. The number of hydrogen-bond acceptors (Lipinski definition) is 5. The standard InChI is InChI=1S/C27H23N3O5/c31-24(11-6-14-29-26(33)20-9-4-5-10-21(20)27(29)34)28-19-12-13-23-22(15-19)30(25(32)17-35-23)16-18-7-2-1-3-8-18/h1-5,7-10,12-13,15H,6,11,14,16-17H2,(H,28,31). The van der Waals surface area contributed by atoms with Crippen LogP contribution in [0.1, 0.15) is 39.1 Å². The quantitative estimate of drug-likeness (QED) is 0.533. The molecule has 8 heteroatoms. The van der Waals surface area contributed by atoms with Crippen LogP contribution in [0.5, 0.6) is 5.75 Å². The summed E-state index contributed by atoms with van der Waals surface area (Å²) in [7, 11) is 0. The molecule has 176 valence electrons. The molecule has 3 aromatic rings. The van der Waals surface area contributed by atoms with Crippen molar-refractivity contribution in [2.45, 2.75) is 19.4 Å². The van der Waals surface area contributed by atoms with Crippen LogP contribution in [0.3, 0.4) is 0 Å². The third-order valence-corrected chi connectivity index (χ3v) is 6.03. The Bertz CT molecular complexity index is 1290. The minimum atomic E-state index is -0.330. The van der Waals surface area contributed by atoms with Crippen LogP contribution in [0.25, 0.3) is 0 Å². The molecule has 5 rings (SSSR count). The lowest BCUT2D eigenvalue weighted by Crippen LogP contribution is -2.38. The van der Waals surface area contributed by atoms with E-state index in [0.29, 0.717) is 41.2 Å². The highest BCUT2D eigenvalue weighted by Crippen LogP contribution is 2.35. The van der Waals surface area contributed by atoms with Crippen LogP contribution in [-0.2, 0) is 16.1 Å². The van der Waals surface area contributed by atoms with E-state index in [-0.39, 0.29) is 43.2 Å². The molecule has 0 saturated heterocycles. The zero-order valence-corrected chi connectivity index (χ0v) is 18.9. The molecular formula is C27H23N3O5. The van der Waals surface area contributed by atoms with Gasteiger partial charge < -0.3 is 15.0 Å². The van der Waals surface area contributed by atoms with Crippen molar-refractivity contribution in [2.24, 2.45) is 0 Å². The van der Waals surface area contributed by atoms with E-state index in [4.69, 9.17) is 4.74 Å². The van der Waals surface area contributed by atoms with Crippen LogP contribution in [-0.4, -0.2) is 41.7 Å². The monoisotopic (exact) mass is 469 g/mol. The maximum atomic E-state index is 12.6. The molecule has 0 aromatic heterocycles. The van der Waals surface area contributed by atoms with Gasteiger partial charge in [-0.3, -0.25) is 24.1 Å². The number of imide groups is 1. The molecule has 8 nitrogen and oxygen atoms in total. The molecule has 0 fully saturated rings. The molecule has 0 bridgehead atoms. The van der Waals surface area contributed by atoms with Crippen molar-refractivity contribution in [3.05, 3.63) is 89.5 Å². The van der Waals surface area contributed by atoms with Gasteiger partial charge >= 0.3 is 0 Å². The Morgan fingerprint density at radius 1 is 0.857 bits per heavy atom. The van der Waals surface area contributed by atoms with Gasteiger partial charge in [0.2, 0.25) is 5.91 Å². The van der Waals surface area contributed by atoms with Gasteiger partial charge in [0.25, 0.3) is 17.7 Å². The number of carbonyl (C=O) groups excluding carboxylic acids is 4. The van der Waals surface area contributed by atoms with E-state index in [1.807, 2.05) is 30.3 Å². The fourth-order valence-corrected chi connectivity index (χ4v) is 4.28. The molecule has 0 unspecified atom stereocenters. The second kappa shape index (κ2) is 9.42. The van der Waals surface area contributed by atoms with Gasteiger partial charge in [0.1, 0.15) is 5.75 Å². The number of carbonyl (C=O) groups is 4. The van der Waals surface area contributed by atoms with E-state index in [0.717, 1.165) is 5.56 Å². The number of nitrogens with zero attached hydrogens (tertiary/aromatic N) is 2. The molecule has 4 amide bonds. The molecule has 0 atom stereocenters. The van der Waals surface area contributed by atoms with Crippen molar-refractivity contribution in [1.29, 1.82) is 0 Å². The smallest absolute Gasteiger partial charge is 0.265 e. The average Bonchev–Trinajstić information content (AvgIpc) is 3.11. The maximum absolute atomic E-state index is 12.6. The van der Waals surface area contributed by atoms with E-state index in [1.165, 1.54) is 4.90 Å². The number of nitrogens with one attached hydrogen (secondary N) is 1. The summed E-state index contributed by atoms with van der Waals surface area (Å²) < 4.78 is 5.56. The minimum absolute atomic E-state index is 0.0383. The summed E-state index contributed by atoms with van der Waals surface area (Å²) in [6.45, 7) is 0.522. The summed E-state index contributed by atoms with van der Waals surface area (Å²) in [6.07, 6.45) is 0.470. The van der Waals surface area contributed by atoms with E-state index in [2.05, 4.69) is 5.32 Å². The number of amides is 4. The van der Waals surface area contributed by atoms with Gasteiger partial charge in [0, 0.05) is 18.7 Å². The van der Waals surface area contributed by atoms with Gasteiger partial charge in [-0.1, -0.05) is 42.5 Å². The fraction of sp³-hybridized carbons (Fsp3) is 0.185. The molecule has 2 heterocycles. The van der Waals surface area contributed by atoms with E-state index < -0.39 is 0 Å². The topological polar surface area (TPSA) is 96.0 Å². The summed E-state index contributed by atoms with van der Waals surface area (Å²) >= 11 is 0. The highest BCUT2D eigenvalue weighted by molar-refractivity contribution is 6.21. The molecular weight excluding hydrogens is 446 g/mol. The van der Waals surface area contributed by atoms with E-state index in [9.17, 15) is 19.2 Å². The van der Waals surface area contributed by atoms with Crippen LogP contribution in [0.2, 0.25) is 0 Å². The molecule has 35 heavy (non-hydrogen) atoms. The highest BCUT2D eigenvalue weighted by atomic mass is 16.5. The van der Waals surface area contributed by atoms with Crippen LogP contribution in [0.15, 0.2) is 72.8 Å². The van der Waals surface area contributed by atoms with Gasteiger partial charge in [-0.25, -0.2) is 0 Å². The van der Waals surface area contributed by atoms with Crippen LogP contribution in [0, 0.1) is 0 Å². The molecule has 0 aliphatic carbocycles. The van der Waals surface area contributed by atoms with Gasteiger partial charge in [-0.2, -0.15) is 0 Å². The minimum Gasteiger partial charge on any atom is -0.482 e. The van der Waals surface area contributed by atoms with Gasteiger partial charge in [0.05, 0.1) is 23.4 Å². The van der Waals surface area contributed by atoms with Crippen LogP contribution < -0.4 is 15.0 Å². The lowest BCUT2D eigenvalue weighted by Gasteiger charge is -2.30. The zero-order valence-electron chi connectivity index (χ0n) is 18.9. The summed E-state index contributed by atoms with van der Waals surface area (Å²) in [5.74, 6) is -0.498. The van der Waals surface area contributed by atoms with Crippen molar-refractivity contribution >= 4 is 35.0 Å². The van der Waals surface area contributed by atoms with Crippen LogP contribution in [0.4, 0.5) is 11.4 Å². The van der Waals surface area contributed by atoms with Crippen molar-refractivity contribution in [3.63, 3.8) is 0 Å². The first-order valence-corrected chi connectivity index (χ1v) is 11.4.